The first kappa shape index (κ1) is 42.7. The number of ketones is 2. The molecule has 0 aliphatic carbocycles. The highest BCUT2D eigenvalue weighted by Crippen LogP contribution is 2.21. The van der Waals surface area contributed by atoms with Crippen LogP contribution in [0.5, 0.6) is 0 Å². The molecule has 0 rings (SSSR count). The van der Waals surface area contributed by atoms with Gasteiger partial charge in [-0.25, -0.2) is 0 Å². The van der Waals surface area contributed by atoms with Gasteiger partial charge in [0.15, 0.2) is 5.78 Å². The minimum atomic E-state index is -1.70. The normalized spacial score (nSPS) is 14.0. The molecule has 0 aromatic rings. The van der Waals surface area contributed by atoms with Crippen LogP contribution in [0.2, 0.25) is 0 Å². The molecule has 258 valence electrons. The molecule has 0 aliphatic rings. The summed E-state index contributed by atoms with van der Waals surface area (Å²) in [5, 5.41) is 29.2. The molecule has 0 aromatic carbocycles. The van der Waals surface area contributed by atoms with Crippen molar-refractivity contribution in [1.29, 1.82) is 0 Å². The number of aliphatic hydroxyl groups excluding tert-OH is 3. The van der Waals surface area contributed by atoms with E-state index in [4.69, 9.17) is 0 Å². The van der Waals surface area contributed by atoms with Crippen molar-refractivity contribution in [3.8, 4) is 0 Å². The van der Waals surface area contributed by atoms with Gasteiger partial charge in [0.05, 0.1) is 12.5 Å². The minimum absolute atomic E-state index is 0.125. The van der Waals surface area contributed by atoms with Crippen LogP contribution in [0.25, 0.3) is 0 Å². The van der Waals surface area contributed by atoms with Crippen LogP contribution < -0.4 is 0 Å². The summed E-state index contributed by atoms with van der Waals surface area (Å²) in [5.74, 6) is -1.64. The summed E-state index contributed by atoms with van der Waals surface area (Å²) in [6.45, 7) is 3.79. The number of carbonyl (C=O) groups is 2. The fraction of sp³-hybridized carbons (Fsp3) is 0.846. The Hall–Kier alpha value is -1.30. The summed E-state index contributed by atoms with van der Waals surface area (Å²) in [6.07, 6.45) is 36.1. The van der Waals surface area contributed by atoms with Gasteiger partial charge in [-0.15, -0.1) is 0 Å². The number of allylic oxidation sites excluding steroid dienone is 4. The molecule has 3 atom stereocenters. The van der Waals surface area contributed by atoms with Crippen molar-refractivity contribution in [1.82, 2.24) is 0 Å². The number of carbonyl (C=O) groups excluding carboxylic acids is 2. The van der Waals surface area contributed by atoms with Gasteiger partial charge in [-0.2, -0.15) is 0 Å². The maximum absolute atomic E-state index is 13.0. The van der Waals surface area contributed by atoms with Crippen LogP contribution in [0, 0.1) is 5.92 Å². The summed E-state index contributed by atoms with van der Waals surface area (Å²) < 4.78 is 0. The average Bonchev–Trinajstić information content (AvgIpc) is 3.03. The van der Waals surface area contributed by atoms with E-state index in [-0.39, 0.29) is 5.78 Å². The zero-order valence-corrected chi connectivity index (χ0v) is 29.0. The molecule has 0 bridgehead atoms. The number of hydrogen-bond donors (Lipinski definition) is 3. The largest absolute Gasteiger partial charge is 0.394 e. The Kier molecular flexibility index (Phi) is 32.1. The molecular weight excluding hydrogens is 548 g/mol. The standard InChI is InChI=1S/C39H72O5/c1-3-5-7-9-11-13-15-17-19-21-23-25-27-29-31-33-36(41)35(38(43)39(44)37(42)34-40)32-30-28-26-24-22-20-18-16-14-12-10-8-6-4-2/h11,13,17,19,35,37,39-40,42,44H,3-10,12,14-16,18,20-34H2,1-2H3/b13-11-,19-17-. The highest BCUT2D eigenvalue weighted by molar-refractivity contribution is 6.04. The van der Waals surface area contributed by atoms with Gasteiger partial charge in [0, 0.05) is 6.42 Å². The maximum Gasteiger partial charge on any atom is 0.174 e. The Morgan fingerprint density at radius 2 is 0.955 bits per heavy atom. The van der Waals surface area contributed by atoms with Gasteiger partial charge in [-0.05, 0) is 44.9 Å². The van der Waals surface area contributed by atoms with E-state index in [0.29, 0.717) is 12.8 Å². The lowest BCUT2D eigenvalue weighted by Gasteiger charge is -2.21. The van der Waals surface area contributed by atoms with E-state index in [2.05, 4.69) is 38.2 Å². The Labute approximate surface area is 272 Å². The molecule has 0 heterocycles. The second kappa shape index (κ2) is 33.1. The number of hydrogen-bond acceptors (Lipinski definition) is 5. The van der Waals surface area contributed by atoms with Crippen molar-refractivity contribution in [2.75, 3.05) is 6.61 Å². The molecule has 44 heavy (non-hydrogen) atoms. The first-order valence-corrected chi connectivity index (χ1v) is 18.8. The van der Waals surface area contributed by atoms with Crippen LogP contribution in [0.1, 0.15) is 187 Å². The summed E-state index contributed by atoms with van der Waals surface area (Å²) in [7, 11) is 0. The van der Waals surface area contributed by atoms with E-state index in [1.807, 2.05) is 0 Å². The van der Waals surface area contributed by atoms with Gasteiger partial charge < -0.3 is 15.3 Å². The summed E-state index contributed by atoms with van der Waals surface area (Å²) in [6, 6.07) is 0. The Morgan fingerprint density at radius 1 is 0.545 bits per heavy atom. The highest BCUT2D eigenvalue weighted by Gasteiger charge is 2.33. The lowest BCUT2D eigenvalue weighted by molar-refractivity contribution is -0.144. The molecule has 3 unspecified atom stereocenters. The predicted molar refractivity (Wildman–Crippen MR) is 187 cm³/mol. The van der Waals surface area contributed by atoms with Crippen molar-refractivity contribution in [3.05, 3.63) is 24.3 Å². The second-order valence-electron chi connectivity index (χ2n) is 13.0. The second-order valence-corrected chi connectivity index (χ2v) is 13.0. The molecule has 5 heteroatoms. The molecule has 3 N–H and O–H groups in total. The number of aliphatic hydroxyl groups is 3. The van der Waals surface area contributed by atoms with Crippen LogP contribution in [0.4, 0.5) is 0 Å². The number of unbranched alkanes of at least 4 members (excludes halogenated alkanes) is 21. The van der Waals surface area contributed by atoms with E-state index in [1.54, 1.807) is 0 Å². The fourth-order valence-electron chi connectivity index (χ4n) is 5.79. The SMILES string of the molecule is CCCCC/C=C\C/C=C\CCCCCCCC(=O)C(CCCCCCCCCCCCCCCC)C(=O)C(O)C(O)CO. The first-order chi connectivity index (χ1) is 21.5. The third-order valence-electron chi connectivity index (χ3n) is 8.80. The monoisotopic (exact) mass is 621 g/mol. The average molecular weight is 621 g/mol. The van der Waals surface area contributed by atoms with E-state index >= 15 is 0 Å². The first-order valence-electron chi connectivity index (χ1n) is 18.8. The van der Waals surface area contributed by atoms with Crippen molar-refractivity contribution < 1.29 is 24.9 Å². The minimum Gasteiger partial charge on any atom is -0.394 e. The third kappa shape index (κ3) is 26.0. The van der Waals surface area contributed by atoms with E-state index in [0.717, 1.165) is 64.2 Å². The molecular formula is C39H72O5. The molecule has 0 saturated heterocycles. The number of rotatable bonds is 34. The highest BCUT2D eigenvalue weighted by atomic mass is 16.4. The van der Waals surface area contributed by atoms with Crippen LogP contribution >= 0.6 is 0 Å². The lowest BCUT2D eigenvalue weighted by atomic mass is 9.86. The molecule has 0 fully saturated rings. The van der Waals surface area contributed by atoms with Gasteiger partial charge in [0.1, 0.15) is 18.0 Å². The maximum atomic E-state index is 13.0. The Morgan fingerprint density at radius 3 is 1.45 bits per heavy atom. The summed E-state index contributed by atoms with van der Waals surface area (Å²) >= 11 is 0. The van der Waals surface area contributed by atoms with E-state index < -0.39 is 30.5 Å². The molecule has 0 spiro atoms. The Bertz CT molecular complexity index is 701. The van der Waals surface area contributed by atoms with Gasteiger partial charge in [-0.3, -0.25) is 9.59 Å². The quantitative estimate of drug-likeness (QED) is 0.0378. The Balaban J connectivity index is 4.16. The predicted octanol–water partition coefficient (Wildman–Crippen LogP) is 10.1. The van der Waals surface area contributed by atoms with Gasteiger partial charge in [0.2, 0.25) is 0 Å². The molecule has 0 aromatic heterocycles. The van der Waals surface area contributed by atoms with E-state index in [1.165, 1.54) is 96.3 Å². The fourth-order valence-corrected chi connectivity index (χ4v) is 5.79. The zero-order valence-electron chi connectivity index (χ0n) is 29.0. The van der Waals surface area contributed by atoms with Gasteiger partial charge in [0.25, 0.3) is 0 Å². The molecule has 0 aliphatic heterocycles. The van der Waals surface area contributed by atoms with Crippen LogP contribution in [0.3, 0.4) is 0 Å². The molecule has 0 radical (unpaired) electrons. The lowest BCUT2D eigenvalue weighted by Crippen LogP contribution is -2.42. The summed E-state index contributed by atoms with van der Waals surface area (Å²) in [4.78, 5) is 25.9. The third-order valence-corrected chi connectivity index (χ3v) is 8.80. The topological polar surface area (TPSA) is 94.8 Å². The van der Waals surface area contributed by atoms with Crippen LogP contribution in [-0.4, -0.2) is 45.7 Å². The summed E-state index contributed by atoms with van der Waals surface area (Å²) in [5.41, 5.74) is 0. The smallest absolute Gasteiger partial charge is 0.174 e. The van der Waals surface area contributed by atoms with Crippen LogP contribution in [0.15, 0.2) is 24.3 Å². The van der Waals surface area contributed by atoms with Crippen LogP contribution in [-0.2, 0) is 9.59 Å². The van der Waals surface area contributed by atoms with Gasteiger partial charge >= 0.3 is 0 Å². The molecule has 5 nitrogen and oxygen atoms in total. The van der Waals surface area contributed by atoms with Crippen molar-refractivity contribution in [3.63, 3.8) is 0 Å². The zero-order chi connectivity index (χ0) is 32.5. The van der Waals surface area contributed by atoms with Gasteiger partial charge in [-0.1, -0.05) is 160 Å². The number of Topliss-reactive ketones (excluding diaryl/α,β-unsaturated/α-hetero) is 2. The molecule has 0 amide bonds. The molecule has 0 saturated carbocycles. The van der Waals surface area contributed by atoms with Crippen molar-refractivity contribution in [2.45, 2.75) is 199 Å². The van der Waals surface area contributed by atoms with E-state index in [9.17, 15) is 24.9 Å². The van der Waals surface area contributed by atoms with Crippen molar-refractivity contribution >= 4 is 11.6 Å². The van der Waals surface area contributed by atoms with Crippen molar-refractivity contribution in [2.24, 2.45) is 5.92 Å².